The molecule has 0 bridgehead atoms. The number of rotatable bonds is 6. The Hall–Kier alpha value is -1.61. The van der Waals surface area contributed by atoms with Crippen LogP contribution in [0, 0.1) is 10.5 Å². The Balaban J connectivity index is 1.97. The van der Waals surface area contributed by atoms with Crippen LogP contribution in [0.15, 0.2) is 39.9 Å². The number of hydrazone groups is 1. The maximum atomic E-state index is 12.0. The molecular formula is C19H20BrIN2O3. The summed E-state index contributed by atoms with van der Waals surface area (Å²) in [5.41, 5.74) is 5.04. The third kappa shape index (κ3) is 5.70. The molecule has 7 heteroatoms. The van der Waals surface area contributed by atoms with E-state index in [9.17, 15) is 9.90 Å². The Labute approximate surface area is 175 Å². The van der Waals surface area contributed by atoms with E-state index in [0.29, 0.717) is 20.8 Å². The third-order valence-corrected chi connectivity index (χ3v) is 4.88. The van der Waals surface area contributed by atoms with Crippen LogP contribution in [0.2, 0.25) is 0 Å². The van der Waals surface area contributed by atoms with E-state index in [2.05, 4.69) is 40.3 Å². The lowest BCUT2D eigenvalue weighted by atomic mass is 10.0. The minimum Gasteiger partial charge on any atom is -0.506 e. The fourth-order valence-electron chi connectivity index (χ4n) is 2.28. The van der Waals surface area contributed by atoms with Gasteiger partial charge in [0.2, 0.25) is 0 Å². The molecule has 0 unspecified atom stereocenters. The van der Waals surface area contributed by atoms with E-state index in [-0.39, 0.29) is 18.3 Å². The number of nitrogens with zero attached hydrogens (tertiary/aromatic N) is 1. The van der Waals surface area contributed by atoms with Crippen LogP contribution in [0.5, 0.6) is 11.5 Å². The number of nitrogens with one attached hydrogen (secondary N) is 1. The quantitative estimate of drug-likeness (QED) is 0.322. The van der Waals surface area contributed by atoms with Crippen molar-refractivity contribution in [2.24, 2.45) is 5.10 Å². The number of carbonyl (C=O) groups excluding carboxylic acids is 1. The highest BCUT2D eigenvalue weighted by molar-refractivity contribution is 14.1. The maximum absolute atomic E-state index is 12.0. The number of amides is 1. The molecule has 0 aliphatic heterocycles. The molecule has 0 aliphatic rings. The van der Waals surface area contributed by atoms with Crippen LogP contribution in [0.25, 0.3) is 0 Å². The van der Waals surface area contributed by atoms with Gasteiger partial charge >= 0.3 is 0 Å². The summed E-state index contributed by atoms with van der Waals surface area (Å²) < 4.78 is 7.17. The highest BCUT2D eigenvalue weighted by Gasteiger charge is 2.10. The molecule has 0 atom stereocenters. The fraction of sp³-hybridized carbons (Fsp3) is 0.263. The van der Waals surface area contributed by atoms with E-state index in [1.54, 1.807) is 12.1 Å². The van der Waals surface area contributed by atoms with Gasteiger partial charge in [-0.2, -0.15) is 5.10 Å². The van der Waals surface area contributed by atoms with Crippen molar-refractivity contribution in [1.82, 2.24) is 5.43 Å². The normalized spacial score (nSPS) is 11.2. The van der Waals surface area contributed by atoms with Crippen molar-refractivity contribution in [3.05, 3.63) is 55.1 Å². The zero-order valence-corrected chi connectivity index (χ0v) is 18.5. The van der Waals surface area contributed by atoms with E-state index in [4.69, 9.17) is 4.74 Å². The molecular weight excluding hydrogens is 511 g/mol. The summed E-state index contributed by atoms with van der Waals surface area (Å²) >= 11 is 5.38. The SMILES string of the molecule is Cc1ccc(C(C)C)c(OCC(=O)NN=Cc2cc(Br)cc(I)c2O)c1. The van der Waals surface area contributed by atoms with Crippen molar-refractivity contribution in [2.45, 2.75) is 26.7 Å². The Morgan fingerprint density at radius 3 is 2.81 bits per heavy atom. The van der Waals surface area contributed by atoms with Gasteiger partial charge in [-0.3, -0.25) is 4.79 Å². The van der Waals surface area contributed by atoms with Gasteiger partial charge in [0.05, 0.1) is 9.78 Å². The van der Waals surface area contributed by atoms with Crippen molar-refractivity contribution in [2.75, 3.05) is 6.61 Å². The zero-order valence-electron chi connectivity index (χ0n) is 14.7. The van der Waals surface area contributed by atoms with Crippen molar-refractivity contribution < 1.29 is 14.6 Å². The van der Waals surface area contributed by atoms with E-state index in [1.807, 2.05) is 47.7 Å². The molecule has 0 aliphatic carbocycles. The summed E-state index contributed by atoms with van der Waals surface area (Å²) in [4.78, 5) is 12.0. The summed E-state index contributed by atoms with van der Waals surface area (Å²) in [5.74, 6) is 0.748. The third-order valence-electron chi connectivity index (χ3n) is 3.60. The van der Waals surface area contributed by atoms with Gasteiger partial charge in [0, 0.05) is 10.0 Å². The van der Waals surface area contributed by atoms with Crippen LogP contribution in [-0.4, -0.2) is 23.8 Å². The molecule has 5 nitrogen and oxygen atoms in total. The lowest BCUT2D eigenvalue weighted by molar-refractivity contribution is -0.123. The predicted molar refractivity (Wildman–Crippen MR) is 115 cm³/mol. The number of benzene rings is 2. The van der Waals surface area contributed by atoms with Gasteiger partial charge in [-0.15, -0.1) is 0 Å². The first kappa shape index (κ1) is 20.7. The fourth-order valence-corrected chi connectivity index (χ4v) is 3.83. The summed E-state index contributed by atoms with van der Waals surface area (Å²) in [5, 5.41) is 13.9. The molecule has 2 aromatic rings. The Bertz CT molecular complexity index is 838. The number of phenolic OH excluding ortho intramolecular Hbond substituents is 1. The Morgan fingerprint density at radius 1 is 1.38 bits per heavy atom. The first-order valence-electron chi connectivity index (χ1n) is 8.01. The molecule has 0 saturated heterocycles. The molecule has 138 valence electrons. The average molecular weight is 531 g/mol. The summed E-state index contributed by atoms with van der Waals surface area (Å²) in [7, 11) is 0. The molecule has 0 heterocycles. The largest absolute Gasteiger partial charge is 0.506 e. The Kier molecular flexibility index (Phi) is 7.45. The maximum Gasteiger partial charge on any atom is 0.277 e. The minimum absolute atomic E-state index is 0.115. The van der Waals surface area contributed by atoms with Crippen LogP contribution in [-0.2, 0) is 4.79 Å². The van der Waals surface area contributed by atoms with Gasteiger partial charge in [0.25, 0.3) is 5.91 Å². The summed E-state index contributed by atoms with van der Waals surface area (Å²) in [6.45, 7) is 6.00. The molecule has 2 N–H and O–H groups in total. The molecule has 2 rings (SSSR count). The first-order chi connectivity index (χ1) is 12.3. The lowest BCUT2D eigenvalue weighted by Crippen LogP contribution is -2.25. The van der Waals surface area contributed by atoms with E-state index in [0.717, 1.165) is 15.6 Å². The Morgan fingerprint density at radius 2 is 2.12 bits per heavy atom. The van der Waals surface area contributed by atoms with Gasteiger partial charge in [0.15, 0.2) is 6.61 Å². The van der Waals surface area contributed by atoms with Gasteiger partial charge in [-0.05, 0) is 64.8 Å². The van der Waals surface area contributed by atoms with Crippen molar-refractivity contribution in [3.8, 4) is 11.5 Å². The molecule has 0 aromatic heterocycles. The number of carbonyl (C=O) groups is 1. The van der Waals surface area contributed by atoms with Crippen LogP contribution in [0.1, 0.15) is 36.5 Å². The molecule has 0 spiro atoms. The van der Waals surface area contributed by atoms with Gasteiger partial charge < -0.3 is 9.84 Å². The predicted octanol–water partition coefficient (Wildman–Crippen LogP) is 4.72. The zero-order chi connectivity index (χ0) is 19.3. The number of aromatic hydroxyl groups is 1. The van der Waals surface area contributed by atoms with Crippen LogP contribution >= 0.6 is 38.5 Å². The van der Waals surface area contributed by atoms with E-state index in [1.165, 1.54) is 6.21 Å². The lowest BCUT2D eigenvalue weighted by Gasteiger charge is -2.14. The van der Waals surface area contributed by atoms with Crippen molar-refractivity contribution in [1.29, 1.82) is 0 Å². The second kappa shape index (κ2) is 9.36. The first-order valence-corrected chi connectivity index (χ1v) is 9.88. The summed E-state index contributed by atoms with van der Waals surface area (Å²) in [6.07, 6.45) is 1.40. The highest BCUT2D eigenvalue weighted by atomic mass is 127. The molecule has 0 saturated carbocycles. The molecule has 2 aromatic carbocycles. The van der Waals surface area contributed by atoms with Gasteiger partial charge in [0.1, 0.15) is 11.5 Å². The molecule has 0 radical (unpaired) electrons. The second-order valence-electron chi connectivity index (χ2n) is 6.10. The number of hydrogen-bond donors (Lipinski definition) is 2. The smallest absolute Gasteiger partial charge is 0.277 e. The van der Waals surface area contributed by atoms with Crippen molar-refractivity contribution in [3.63, 3.8) is 0 Å². The molecule has 0 fully saturated rings. The van der Waals surface area contributed by atoms with Crippen LogP contribution in [0.3, 0.4) is 0 Å². The standard InChI is InChI=1S/C19H20BrIN2O3/c1-11(2)15-5-4-12(3)6-17(15)26-10-18(24)23-22-9-13-7-14(20)8-16(21)19(13)25/h4-9,11,25H,10H2,1-3H3,(H,23,24). The van der Waals surface area contributed by atoms with Gasteiger partial charge in [-0.1, -0.05) is 41.9 Å². The topological polar surface area (TPSA) is 70.9 Å². The van der Waals surface area contributed by atoms with Crippen LogP contribution in [0.4, 0.5) is 0 Å². The highest BCUT2D eigenvalue weighted by Crippen LogP contribution is 2.28. The second-order valence-corrected chi connectivity index (χ2v) is 8.18. The average Bonchev–Trinajstić information content (AvgIpc) is 2.57. The van der Waals surface area contributed by atoms with E-state index >= 15 is 0 Å². The minimum atomic E-state index is -0.373. The number of aryl methyl sites for hydroxylation is 1. The monoisotopic (exact) mass is 530 g/mol. The van der Waals surface area contributed by atoms with Crippen LogP contribution < -0.4 is 10.2 Å². The summed E-state index contributed by atoms with van der Waals surface area (Å²) in [6, 6.07) is 9.47. The molecule has 26 heavy (non-hydrogen) atoms. The number of phenols is 1. The van der Waals surface area contributed by atoms with E-state index < -0.39 is 0 Å². The number of hydrogen-bond acceptors (Lipinski definition) is 4. The number of ether oxygens (including phenoxy) is 1. The van der Waals surface area contributed by atoms with Gasteiger partial charge in [-0.25, -0.2) is 5.43 Å². The van der Waals surface area contributed by atoms with Crippen molar-refractivity contribution >= 4 is 50.6 Å². The number of halogens is 2. The molecule has 1 amide bonds.